The fourth-order valence-electron chi connectivity index (χ4n) is 3.26. The smallest absolute Gasteiger partial charge is 0.302 e. The first-order valence-corrected chi connectivity index (χ1v) is 12.4. The van der Waals surface area contributed by atoms with E-state index in [0.29, 0.717) is 11.4 Å². The summed E-state index contributed by atoms with van der Waals surface area (Å²) in [4.78, 5) is 24.1. The molecule has 0 radical (unpaired) electrons. The van der Waals surface area contributed by atoms with Crippen LogP contribution in [0.2, 0.25) is 5.02 Å². The molecule has 0 unspecified atom stereocenters. The maximum atomic E-state index is 13.1. The van der Waals surface area contributed by atoms with E-state index in [1.165, 1.54) is 18.4 Å². The molecule has 3 rings (SSSR count). The number of amides is 1. The average molecular weight is 512 g/mol. The molecule has 0 aliphatic rings. The van der Waals surface area contributed by atoms with Gasteiger partial charge in [-0.1, -0.05) is 22.8 Å². The molecule has 33 heavy (non-hydrogen) atoms. The zero-order valence-electron chi connectivity index (χ0n) is 18.5. The SMILES string of the molecule is CC(=O)OCc1c(C)cc(C)c(NC(=O)c2sccc2S(=O)(=O)Nc2onc(C)c2Cl)c1C. The summed E-state index contributed by atoms with van der Waals surface area (Å²) < 4.78 is 38.1. The number of carbonyl (C=O) groups is 2. The van der Waals surface area contributed by atoms with Crippen LogP contribution in [0, 0.1) is 27.7 Å². The van der Waals surface area contributed by atoms with Crippen LogP contribution < -0.4 is 10.0 Å². The van der Waals surface area contributed by atoms with E-state index < -0.39 is 21.9 Å². The second-order valence-electron chi connectivity index (χ2n) is 7.35. The fraction of sp³-hybridized carbons (Fsp3) is 0.286. The summed E-state index contributed by atoms with van der Waals surface area (Å²) >= 11 is 6.98. The summed E-state index contributed by atoms with van der Waals surface area (Å²) in [5, 5.41) is 7.95. The number of hydrogen-bond acceptors (Lipinski definition) is 8. The molecule has 12 heteroatoms. The van der Waals surface area contributed by atoms with Crippen molar-refractivity contribution in [1.82, 2.24) is 5.16 Å². The molecule has 0 fully saturated rings. The van der Waals surface area contributed by atoms with Crippen molar-refractivity contribution in [2.45, 2.75) is 46.1 Å². The van der Waals surface area contributed by atoms with E-state index in [9.17, 15) is 18.0 Å². The molecule has 2 aromatic heterocycles. The highest BCUT2D eigenvalue weighted by Gasteiger charge is 2.27. The highest BCUT2D eigenvalue weighted by molar-refractivity contribution is 7.93. The molecule has 2 N–H and O–H groups in total. The molecule has 0 aliphatic carbocycles. The molecular weight excluding hydrogens is 490 g/mol. The van der Waals surface area contributed by atoms with Crippen LogP contribution in [0.25, 0.3) is 0 Å². The lowest BCUT2D eigenvalue weighted by Crippen LogP contribution is -2.19. The Balaban J connectivity index is 1.91. The Morgan fingerprint density at radius 1 is 1.21 bits per heavy atom. The number of nitrogens with one attached hydrogen (secondary N) is 2. The van der Waals surface area contributed by atoms with E-state index >= 15 is 0 Å². The molecule has 9 nitrogen and oxygen atoms in total. The molecular formula is C21H22ClN3O6S2. The highest BCUT2D eigenvalue weighted by Crippen LogP contribution is 2.32. The van der Waals surface area contributed by atoms with E-state index in [1.54, 1.807) is 13.8 Å². The van der Waals surface area contributed by atoms with Gasteiger partial charge in [0.2, 0.25) is 0 Å². The summed E-state index contributed by atoms with van der Waals surface area (Å²) in [6.45, 7) is 8.46. The average Bonchev–Trinajstić information content (AvgIpc) is 3.34. The predicted octanol–water partition coefficient (Wildman–Crippen LogP) is 4.74. The normalized spacial score (nSPS) is 11.3. The van der Waals surface area contributed by atoms with Gasteiger partial charge >= 0.3 is 5.97 Å². The van der Waals surface area contributed by atoms with Crippen molar-refractivity contribution in [2.24, 2.45) is 0 Å². The van der Waals surface area contributed by atoms with Crippen LogP contribution in [0.15, 0.2) is 26.9 Å². The number of halogens is 1. The third kappa shape index (κ3) is 5.21. The van der Waals surface area contributed by atoms with Crippen molar-refractivity contribution < 1.29 is 27.3 Å². The number of rotatable bonds is 7. The third-order valence-corrected chi connectivity index (χ3v) is 7.79. The van der Waals surface area contributed by atoms with Gasteiger partial charge in [0.1, 0.15) is 27.1 Å². The topological polar surface area (TPSA) is 128 Å². The highest BCUT2D eigenvalue weighted by atomic mass is 35.5. The van der Waals surface area contributed by atoms with Crippen LogP contribution in [0.1, 0.15) is 44.5 Å². The summed E-state index contributed by atoms with van der Waals surface area (Å²) in [5.41, 5.74) is 4.03. The van der Waals surface area contributed by atoms with Crippen LogP contribution in [-0.4, -0.2) is 25.5 Å². The molecule has 176 valence electrons. The van der Waals surface area contributed by atoms with E-state index in [1.807, 2.05) is 19.9 Å². The summed E-state index contributed by atoms with van der Waals surface area (Å²) in [5.74, 6) is -1.24. The lowest BCUT2D eigenvalue weighted by molar-refractivity contribution is -0.142. The molecule has 0 aliphatic heterocycles. The van der Waals surface area contributed by atoms with Crippen LogP contribution >= 0.6 is 22.9 Å². The van der Waals surface area contributed by atoms with Gasteiger partial charge in [-0.25, -0.2) is 13.1 Å². The van der Waals surface area contributed by atoms with Crippen molar-refractivity contribution in [3.05, 3.63) is 55.4 Å². The van der Waals surface area contributed by atoms with Crippen LogP contribution in [0.3, 0.4) is 0 Å². The van der Waals surface area contributed by atoms with Gasteiger partial charge < -0.3 is 14.6 Å². The van der Waals surface area contributed by atoms with E-state index in [-0.39, 0.29) is 27.3 Å². The lowest BCUT2D eigenvalue weighted by atomic mass is 9.97. The van der Waals surface area contributed by atoms with Gasteiger partial charge in [-0.2, -0.15) is 0 Å². The Kier molecular flexibility index (Phi) is 7.15. The number of ether oxygens (including phenoxy) is 1. The predicted molar refractivity (Wildman–Crippen MR) is 125 cm³/mol. The first-order chi connectivity index (χ1) is 15.4. The molecule has 0 saturated heterocycles. The zero-order chi connectivity index (χ0) is 24.5. The zero-order valence-corrected chi connectivity index (χ0v) is 20.9. The first kappa shape index (κ1) is 24.7. The minimum absolute atomic E-state index is 0.0178. The van der Waals surface area contributed by atoms with Gasteiger partial charge in [0, 0.05) is 12.6 Å². The Morgan fingerprint density at radius 2 is 1.91 bits per heavy atom. The Morgan fingerprint density at radius 3 is 2.52 bits per heavy atom. The van der Waals surface area contributed by atoms with Gasteiger partial charge in [-0.05, 0) is 61.4 Å². The minimum Gasteiger partial charge on any atom is -0.461 e. The molecule has 0 saturated carbocycles. The Hall–Kier alpha value is -2.89. The maximum Gasteiger partial charge on any atom is 0.302 e. The Labute approximate surface area is 200 Å². The molecule has 0 bridgehead atoms. The van der Waals surface area contributed by atoms with Gasteiger partial charge in [0.15, 0.2) is 0 Å². The molecule has 0 atom stereocenters. The van der Waals surface area contributed by atoms with E-state index in [4.69, 9.17) is 20.9 Å². The second kappa shape index (κ2) is 9.54. The number of benzene rings is 1. The van der Waals surface area contributed by atoms with Crippen LogP contribution in [-0.2, 0) is 26.2 Å². The van der Waals surface area contributed by atoms with Crippen molar-refractivity contribution >= 4 is 56.4 Å². The largest absolute Gasteiger partial charge is 0.461 e. The van der Waals surface area contributed by atoms with Crippen molar-refractivity contribution in [3.63, 3.8) is 0 Å². The summed E-state index contributed by atoms with van der Waals surface area (Å²) in [6.07, 6.45) is 0. The van der Waals surface area contributed by atoms with Crippen LogP contribution in [0.5, 0.6) is 0 Å². The number of nitrogens with zero attached hydrogens (tertiary/aromatic N) is 1. The monoisotopic (exact) mass is 511 g/mol. The van der Waals surface area contributed by atoms with Crippen molar-refractivity contribution in [2.75, 3.05) is 10.0 Å². The van der Waals surface area contributed by atoms with Crippen molar-refractivity contribution in [3.8, 4) is 0 Å². The molecule has 0 spiro atoms. The Bertz CT molecular complexity index is 1340. The van der Waals surface area contributed by atoms with Crippen molar-refractivity contribution in [1.29, 1.82) is 0 Å². The number of hydrogen-bond donors (Lipinski definition) is 2. The molecule has 1 amide bonds. The lowest BCUT2D eigenvalue weighted by Gasteiger charge is -2.18. The second-order valence-corrected chi connectivity index (χ2v) is 10.3. The first-order valence-electron chi connectivity index (χ1n) is 9.68. The summed E-state index contributed by atoms with van der Waals surface area (Å²) in [6, 6.07) is 3.18. The van der Waals surface area contributed by atoms with Gasteiger partial charge in [-0.3, -0.25) is 9.59 Å². The number of thiophene rings is 1. The number of sulfonamides is 1. The van der Waals surface area contributed by atoms with Gasteiger partial charge in [0.05, 0.1) is 0 Å². The number of carbonyl (C=O) groups excluding carboxylic acids is 2. The van der Waals surface area contributed by atoms with Gasteiger partial charge in [-0.15, -0.1) is 11.3 Å². The molecule has 2 heterocycles. The quantitative estimate of drug-likeness (QED) is 0.438. The number of esters is 1. The fourth-order valence-corrected chi connectivity index (χ4v) is 5.75. The van der Waals surface area contributed by atoms with E-state index in [2.05, 4.69) is 15.2 Å². The number of aromatic nitrogens is 1. The van der Waals surface area contributed by atoms with E-state index in [0.717, 1.165) is 33.6 Å². The molecule has 3 aromatic rings. The number of anilines is 2. The van der Waals surface area contributed by atoms with Gasteiger partial charge in [0.25, 0.3) is 21.8 Å². The third-order valence-electron chi connectivity index (χ3n) is 4.93. The summed E-state index contributed by atoms with van der Waals surface area (Å²) in [7, 11) is -4.18. The molecule has 1 aromatic carbocycles. The minimum atomic E-state index is -4.18. The number of aryl methyl sites for hydroxylation is 3. The van der Waals surface area contributed by atoms with Crippen LogP contribution in [0.4, 0.5) is 11.6 Å². The maximum absolute atomic E-state index is 13.1. The standard InChI is InChI=1S/C21H22ClN3O6S2/c1-10-8-11(2)18(12(3)15(10)9-30-14(5)26)23-20(27)19-16(6-7-32-19)33(28,29)25-21-17(22)13(4)24-31-21/h6-8,25H,9H2,1-5H3,(H,23,27).